The molecule has 0 spiro atoms. The summed E-state index contributed by atoms with van der Waals surface area (Å²) in [7, 11) is 0. The first-order valence-corrected chi connectivity index (χ1v) is 5.35. The van der Waals surface area contributed by atoms with E-state index in [1.165, 1.54) is 5.56 Å². The van der Waals surface area contributed by atoms with Gasteiger partial charge in [0.2, 0.25) is 0 Å². The van der Waals surface area contributed by atoms with E-state index in [1.54, 1.807) is 0 Å². The van der Waals surface area contributed by atoms with E-state index in [0.717, 1.165) is 5.56 Å². The van der Waals surface area contributed by atoms with Crippen LogP contribution in [0.4, 0.5) is 4.79 Å². The molecule has 0 amide bonds. The molecule has 0 unspecified atom stereocenters. The number of hydrogen-bond acceptors (Lipinski definition) is 2. The summed E-state index contributed by atoms with van der Waals surface area (Å²) >= 11 is 0. The highest BCUT2D eigenvalue weighted by molar-refractivity contribution is 5.56. The van der Waals surface area contributed by atoms with Crippen LogP contribution < -0.4 is 0 Å². The van der Waals surface area contributed by atoms with E-state index in [-0.39, 0.29) is 12.0 Å². The van der Waals surface area contributed by atoms with Crippen LogP contribution in [0.15, 0.2) is 24.3 Å². The highest BCUT2D eigenvalue weighted by atomic mass is 16.7. The molecule has 88 valence electrons. The number of rotatable bonds is 3. The summed E-state index contributed by atoms with van der Waals surface area (Å²) < 4.78 is 4.46. The van der Waals surface area contributed by atoms with E-state index in [1.807, 2.05) is 12.1 Å². The van der Waals surface area contributed by atoms with Gasteiger partial charge >= 0.3 is 6.16 Å². The first-order chi connectivity index (χ1) is 7.39. The monoisotopic (exact) mass is 222 g/mol. The van der Waals surface area contributed by atoms with Crippen molar-refractivity contribution in [2.24, 2.45) is 0 Å². The number of ether oxygens (including phenoxy) is 1. The van der Waals surface area contributed by atoms with Crippen LogP contribution in [0.3, 0.4) is 0 Å². The van der Waals surface area contributed by atoms with Gasteiger partial charge in [-0.25, -0.2) is 4.79 Å². The van der Waals surface area contributed by atoms with E-state index < -0.39 is 6.16 Å². The van der Waals surface area contributed by atoms with Crippen LogP contribution in [0.2, 0.25) is 0 Å². The van der Waals surface area contributed by atoms with Crippen molar-refractivity contribution in [3.8, 4) is 0 Å². The second-order valence-electron chi connectivity index (χ2n) is 4.81. The maximum atomic E-state index is 10.2. The van der Waals surface area contributed by atoms with Crippen LogP contribution in [0.25, 0.3) is 0 Å². The molecule has 1 N–H and O–H groups in total. The topological polar surface area (TPSA) is 46.5 Å². The van der Waals surface area contributed by atoms with Crippen molar-refractivity contribution < 1.29 is 14.6 Å². The first-order valence-electron chi connectivity index (χ1n) is 5.35. The quantitative estimate of drug-likeness (QED) is 0.799. The van der Waals surface area contributed by atoms with Gasteiger partial charge < -0.3 is 9.84 Å². The van der Waals surface area contributed by atoms with E-state index in [9.17, 15) is 4.79 Å². The number of carbonyl (C=O) groups is 1. The average Bonchev–Trinajstić information content (AvgIpc) is 2.16. The van der Waals surface area contributed by atoms with Gasteiger partial charge in [0.15, 0.2) is 0 Å². The number of carboxylic acid groups (broad SMARTS) is 1. The zero-order valence-electron chi connectivity index (χ0n) is 9.99. The van der Waals surface area contributed by atoms with Crippen LogP contribution in [-0.2, 0) is 16.6 Å². The lowest BCUT2D eigenvalue weighted by Gasteiger charge is -2.19. The summed E-state index contributed by atoms with van der Waals surface area (Å²) in [6, 6.07) is 8.20. The van der Waals surface area contributed by atoms with Crippen molar-refractivity contribution in [3.05, 3.63) is 35.4 Å². The lowest BCUT2D eigenvalue weighted by Crippen LogP contribution is -2.11. The molecule has 1 aromatic rings. The SMILES string of the molecule is CC(C)(C)c1ccc(CCOC(=O)O)cc1. The van der Waals surface area contributed by atoms with Crippen LogP contribution in [-0.4, -0.2) is 17.9 Å². The summed E-state index contributed by atoms with van der Waals surface area (Å²) in [6.07, 6.45) is -0.595. The molecule has 0 aliphatic carbocycles. The maximum Gasteiger partial charge on any atom is 0.505 e. The van der Waals surface area contributed by atoms with E-state index in [4.69, 9.17) is 5.11 Å². The van der Waals surface area contributed by atoms with E-state index in [0.29, 0.717) is 6.42 Å². The largest absolute Gasteiger partial charge is 0.505 e. The van der Waals surface area contributed by atoms with Crippen LogP contribution in [0.5, 0.6) is 0 Å². The lowest BCUT2D eigenvalue weighted by molar-refractivity contribution is 0.0927. The minimum absolute atomic E-state index is 0.149. The Morgan fingerprint density at radius 3 is 2.25 bits per heavy atom. The molecule has 0 saturated heterocycles. The standard InChI is InChI=1S/C13H18O3/c1-13(2,3)11-6-4-10(5-7-11)8-9-16-12(14)15/h4-7H,8-9H2,1-3H3,(H,14,15). The predicted octanol–water partition coefficient (Wildman–Crippen LogP) is 3.22. The summed E-state index contributed by atoms with van der Waals surface area (Å²) in [4.78, 5) is 10.2. The number of benzene rings is 1. The summed E-state index contributed by atoms with van der Waals surface area (Å²) in [5.41, 5.74) is 2.51. The Morgan fingerprint density at radius 2 is 1.81 bits per heavy atom. The molecular weight excluding hydrogens is 204 g/mol. The fraction of sp³-hybridized carbons (Fsp3) is 0.462. The normalized spacial score (nSPS) is 11.2. The molecule has 0 aliphatic heterocycles. The van der Waals surface area contributed by atoms with Crippen molar-refractivity contribution in [2.45, 2.75) is 32.6 Å². The van der Waals surface area contributed by atoms with E-state index in [2.05, 4.69) is 37.6 Å². The van der Waals surface area contributed by atoms with Crippen molar-refractivity contribution in [3.63, 3.8) is 0 Å². The van der Waals surface area contributed by atoms with Crippen molar-refractivity contribution in [1.29, 1.82) is 0 Å². The highest BCUT2D eigenvalue weighted by Gasteiger charge is 2.12. The molecular formula is C13H18O3. The van der Waals surface area contributed by atoms with Crippen molar-refractivity contribution in [2.75, 3.05) is 6.61 Å². The van der Waals surface area contributed by atoms with E-state index >= 15 is 0 Å². The minimum Gasteiger partial charge on any atom is -0.450 e. The third-order valence-electron chi connectivity index (χ3n) is 2.44. The van der Waals surface area contributed by atoms with Gasteiger partial charge in [-0.05, 0) is 16.5 Å². The third kappa shape index (κ3) is 3.93. The molecule has 0 bridgehead atoms. The summed E-state index contributed by atoms with van der Waals surface area (Å²) in [5.74, 6) is 0. The van der Waals surface area contributed by atoms with Crippen LogP contribution in [0.1, 0.15) is 31.9 Å². The number of hydrogen-bond donors (Lipinski definition) is 1. The molecule has 3 heteroatoms. The third-order valence-corrected chi connectivity index (χ3v) is 2.44. The fourth-order valence-electron chi connectivity index (χ4n) is 1.43. The smallest absolute Gasteiger partial charge is 0.450 e. The zero-order chi connectivity index (χ0) is 12.2. The first kappa shape index (κ1) is 12.6. The van der Waals surface area contributed by atoms with Crippen molar-refractivity contribution in [1.82, 2.24) is 0 Å². The van der Waals surface area contributed by atoms with Gasteiger partial charge in [0.05, 0.1) is 6.61 Å². The molecule has 0 aromatic heterocycles. The molecule has 1 rings (SSSR count). The Bertz CT molecular complexity index is 346. The molecule has 3 nitrogen and oxygen atoms in total. The fourth-order valence-corrected chi connectivity index (χ4v) is 1.43. The molecule has 0 atom stereocenters. The second kappa shape index (κ2) is 5.01. The highest BCUT2D eigenvalue weighted by Crippen LogP contribution is 2.22. The maximum absolute atomic E-state index is 10.2. The molecule has 16 heavy (non-hydrogen) atoms. The van der Waals surface area contributed by atoms with Gasteiger partial charge in [-0.3, -0.25) is 0 Å². The van der Waals surface area contributed by atoms with Gasteiger partial charge in [-0.2, -0.15) is 0 Å². The molecule has 0 heterocycles. The Morgan fingerprint density at radius 1 is 1.25 bits per heavy atom. The molecule has 1 aromatic carbocycles. The Kier molecular flexibility index (Phi) is 3.93. The van der Waals surface area contributed by atoms with Gasteiger partial charge in [-0.15, -0.1) is 0 Å². The molecule has 0 fully saturated rings. The van der Waals surface area contributed by atoms with Crippen LogP contribution in [0, 0.1) is 0 Å². The van der Waals surface area contributed by atoms with Gasteiger partial charge in [0, 0.05) is 6.42 Å². The van der Waals surface area contributed by atoms with Crippen LogP contribution >= 0.6 is 0 Å². The molecule has 0 radical (unpaired) electrons. The van der Waals surface area contributed by atoms with Gasteiger partial charge in [-0.1, -0.05) is 45.0 Å². The van der Waals surface area contributed by atoms with Crippen molar-refractivity contribution >= 4 is 6.16 Å². The molecule has 0 aliphatic rings. The predicted molar refractivity (Wildman–Crippen MR) is 62.8 cm³/mol. The summed E-state index contributed by atoms with van der Waals surface area (Å²) in [6.45, 7) is 6.70. The average molecular weight is 222 g/mol. The second-order valence-corrected chi connectivity index (χ2v) is 4.81. The summed E-state index contributed by atoms with van der Waals surface area (Å²) in [5, 5.41) is 8.32. The van der Waals surface area contributed by atoms with Gasteiger partial charge in [0.1, 0.15) is 0 Å². The Hall–Kier alpha value is -1.51. The van der Waals surface area contributed by atoms with Gasteiger partial charge in [0.25, 0.3) is 0 Å². The molecule has 0 saturated carbocycles. The Balaban J connectivity index is 2.55. The Labute approximate surface area is 96.1 Å². The minimum atomic E-state index is -1.22. The lowest BCUT2D eigenvalue weighted by atomic mass is 9.86. The zero-order valence-corrected chi connectivity index (χ0v) is 9.99.